The second-order valence-corrected chi connectivity index (χ2v) is 8.73. The number of carbonyl (C=O) groups is 2. The maximum atomic E-state index is 13.0. The quantitative estimate of drug-likeness (QED) is 0.154. The number of nitrogens with one attached hydrogen (secondary N) is 1. The maximum Gasteiger partial charge on any atom is 0.343 e. The Kier molecular flexibility index (Phi) is 6.25. The largest absolute Gasteiger partial charge is 0.462 e. The van der Waals surface area contributed by atoms with E-state index in [1.807, 2.05) is 12.1 Å². The van der Waals surface area contributed by atoms with Gasteiger partial charge in [-0.05, 0) is 60.7 Å². The van der Waals surface area contributed by atoms with Gasteiger partial charge in [0.2, 0.25) is 0 Å². The summed E-state index contributed by atoms with van der Waals surface area (Å²) in [6, 6.07) is 18.5. The molecule has 0 radical (unpaired) electrons. The van der Waals surface area contributed by atoms with Gasteiger partial charge >= 0.3 is 11.9 Å². The van der Waals surface area contributed by atoms with E-state index in [0.717, 1.165) is 23.2 Å². The molecule has 182 valence electrons. The zero-order chi connectivity index (χ0) is 25.2. The van der Waals surface area contributed by atoms with E-state index in [4.69, 9.17) is 9.47 Å². The van der Waals surface area contributed by atoms with Gasteiger partial charge < -0.3 is 14.8 Å². The fraction of sp³-hybridized carbons (Fsp3) is 0.214. The van der Waals surface area contributed by atoms with Gasteiger partial charge in [0.15, 0.2) is 0 Å². The highest BCUT2D eigenvalue weighted by atomic mass is 16.6. The molecule has 0 saturated heterocycles. The van der Waals surface area contributed by atoms with Crippen LogP contribution in [0.2, 0.25) is 0 Å². The van der Waals surface area contributed by atoms with Crippen molar-refractivity contribution in [3.8, 4) is 5.75 Å². The van der Waals surface area contributed by atoms with E-state index in [9.17, 15) is 19.7 Å². The first kappa shape index (κ1) is 23.3. The van der Waals surface area contributed by atoms with Crippen LogP contribution in [0.3, 0.4) is 0 Å². The number of esters is 2. The number of nitrogens with zero attached hydrogens (tertiary/aromatic N) is 1. The third-order valence-electron chi connectivity index (χ3n) is 6.65. The number of allylic oxidation sites excluding steroid dienone is 2. The highest BCUT2D eigenvalue weighted by Crippen LogP contribution is 2.50. The summed E-state index contributed by atoms with van der Waals surface area (Å²) in [6.07, 6.45) is 5.12. The molecule has 5 rings (SSSR count). The van der Waals surface area contributed by atoms with Crippen molar-refractivity contribution in [2.45, 2.75) is 25.3 Å². The Morgan fingerprint density at radius 3 is 2.58 bits per heavy atom. The number of rotatable bonds is 6. The Morgan fingerprint density at radius 1 is 1.06 bits per heavy atom. The van der Waals surface area contributed by atoms with Gasteiger partial charge in [0.25, 0.3) is 5.69 Å². The topological polar surface area (TPSA) is 108 Å². The maximum absolute atomic E-state index is 13.0. The normalized spacial score (nSPS) is 19.5. The minimum Gasteiger partial charge on any atom is -0.462 e. The van der Waals surface area contributed by atoms with Crippen LogP contribution in [-0.2, 0) is 4.74 Å². The van der Waals surface area contributed by atoms with Gasteiger partial charge in [-0.3, -0.25) is 10.1 Å². The summed E-state index contributed by atoms with van der Waals surface area (Å²) in [4.78, 5) is 35.9. The van der Waals surface area contributed by atoms with Crippen molar-refractivity contribution in [2.24, 2.45) is 5.92 Å². The van der Waals surface area contributed by atoms with Crippen LogP contribution < -0.4 is 10.1 Å². The number of fused-ring (bicyclic) bond motifs is 3. The summed E-state index contributed by atoms with van der Waals surface area (Å²) in [5.41, 5.74) is 3.49. The molecule has 3 aromatic carbocycles. The van der Waals surface area contributed by atoms with Crippen molar-refractivity contribution >= 4 is 23.3 Å². The summed E-state index contributed by atoms with van der Waals surface area (Å²) in [7, 11) is 0. The molecule has 3 atom stereocenters. The van der Waals surface area contributed by atoms with Crippen molar-refractivity contribution in [1.29, 1.82) is 0 Å². The molecule has 36 heavy (non-hydrogen) atoms. The number of nitro groups is 1. The summed E-state index contributed by atoms with van der Waals surface area (Å²) in [6.45, 7) is 1.93. The molecule has 1 heterocycles. The standard InChI is InChI=1S/C28H24N2O6/c1-2-35-28(32)22-6-3-4-9-25(22)36-27(31)18-12-15-24-23(16-18)20-7-5-8-21(20)26(29-24)17-10-13-19(14-11-17)30(33)34/h3-7,9-16,20-21,26,29H,2,8H2,1H3. The van der Waals surface area contributed by atoms with Gasteiger partial charge in [0.05, 0.1) is 23.1 Å². The van der Waals surface area contributed by atoms with Crippen LogP contribution in [0.25, 0.3) is 0 Å². The number of non-ortho nitro benzene ring substituents is 1. The number of benzene rings is 3. The van der Waals surface area contributed by atoms with E-state index in [1.165, 1.54) is 12.1 Å². The molecule has 0 spiro atoms. The molecule has 0 saturated carbocycles. The molecule has 8 nitrogen and oxygen atoms in total. The second-order valence-electron chi connectivity index (χ2n) is 8.73. The molecule has 3 aromatic rings. The number of hydrogen-bond donors (Lipinski definition) is 1. The van der Waals surface area contributed by atoms with Gasteiger partial charge in [-0.15, -0.1) is 0 Å². The third-order valence-corrected chi connectivity index (χ3v) is 6.65. The molecule has 0 fully saturated rings. The summed E-state index contributed by atoms with van der Waals surface area (Å²) in [5, 5.41) is 14.6. The second kappa shape index (κ2) is 9.65. The Hall–Kier alpha value is -4.46. The van der Waals surface area contributed by atoms with Crippen molar-refractivity contribution in [1.82, 2.24) is 0 Å². The number of nitro benzene ring substituents is 1. The average Bonchev–Trinajstić information content (AvgIpc) is 3.39. The van der Waals surface area contributed by atoms with Gasteiger partial charge in [0.1, 0.15) is 11.3 Å². The van der Waals surface area contributed by atoms with Crippen molar-refractivity contribution in [2.75, 3.05) is 11.9 Å². The highest BCUT2D eigenvalue weighted by Gasteiger charge is 2.38. The van der Waals surface area contributed by atoms with Gasteiger partial charge in [0, 0.05) is 23.7 Å². The van der Waals surface area contributed by atoms with Crippen LogP contribution >= 0.6 is 0 Å². The van der Waals surface area contributed by atoms with Gasteiger partial charge in [-0.25, -0.2) is 9.59 Å². The molecule has 0 amide bonds. The summed E-state index contributed by atoms with van der Waals surface area (Å²) in [5.74, 6) is -0.679. The van der Waals surface area contributed by atoms with E-state index >= 15 is 0 Å². The molecule has 1 aliphatic heterocycles. The molecular weight excluding hydrogens is 460 g/mol. The zero-order valence-corrected chi connectivity index (χ0v) is 19.5. The molecule has 0 aromatic heterocycles. The van der Waals surface area contributed by atoms with E-state index in [2.05, 4.69) is 17.5 Å². The Balaban J connectivity index is 1.41. The van der Waals surface area contributed by atoms with Crippen LogP contribution in [-0.4, -0.2) is 23.5 Å². The number of ether oxygens (including phenoxy) is 2. The van der Waals surface area contributed by atoms with Crippen LogP contribution in [0.5, 0.6) is 5.75 Å². The third kappa shape index (κ3) is 4.33. The number of para-hydroxylation sites is 1. The average molecular weight is 485 g/mol. The monoisotopic (exact) mass is 484 g/mol. The van der Waals surface area contributed by atoms with Crippen molar-refractivity contribution in [3.05, 3.63) is 111 Å². The molecule has 1 N–H and O–H groups in total. The van der Waals surface area contributed by atoms with E-state index in [1.54, 1.807) is 49.4 Å². The highest BCUT2D eigenvalue weighted by molar-refractivity contribution is 5.96. The lowest BCUT2D eigenvalue weighted by molar-refractivity contribution is -0.384. The first-order valence-corrected chi connectivity index (χ1v) is 11.8. The lowest BCUT2D eigenvalue weighted by Crippen LogP contribution is -2.29. The lowest BCUT2D eigenvalue weighted by atomic mass is 9.76. The summed E-state index contributed by atoms with van der Waals surface area (Å²) < 4.78 is 10.7. The minimum atomic E-state index is -0.564. The molecular formula is C28H24N2O6. The minimum absolute atomic E-state index is 0.0208. The predicted molar refractivity (Wildman–Crippen MR) is 133 cm³/mol. The molecule has 2 aliphatic rings. The molecule has 8 heteroatoms. The summed E-state index contributed by atoms with van der Waals surface area (Å²) >= 11 is 0. The zero-order valence-electron chi connectivity index (χ0n) is 19.5. The lowest BCUT2D eigenvalue weighted by Gasteiger charge is -2.37. The first-order valence-electron chi connectivity index (χ1n) is 11.8. The first-order chi connectivity index (χ1) is 17.5. The molecule has 0 bridgehead atoms. The Morgan fingerprint density at radius 2 is 1.83 bits per heavy atom. The van der Waals surface area contributed by atoms with Gasteiger partial charge in [-0.2, -0.15) is 0 Å². The van der Waals surface area contributed by atoms with Crippen LogP contribution in [0.4, 0.5) is 11.4 Å². The fourth-order valence-electron chi connectivity index (χ4n) is 4.95. The van der Waals surface area contributed by atoms with Crippen molar-refractivity contribution in [3.63, 3.8) is 0 Å². The SMILES string of the molecule is CCOC(=O)c1ccccc1OC(=O)c1ccc2c(c1)C1C=CCC1C(c1ccc([N+](=O)[O-])cc1)N2. The molecule has 3 unspecified atom stereocenters. The Bertz CT molecular complexity index is 1360. The van der Waals surface area contributed by atoms with Crippen molar-refractivity contribution < 1.29 is 24.0 Å². The van der Waals surface area contributed by atoms with Crippen LogP contribution in [0, 0.1) is 16.0 Å². The van der Waals surface area contributed by atoms with E-state index < -0.39 is 16.9 Å². The van der Waals surface area contributed by atoms with Gasteiger partial charge in [-0.1, -0.05) is 36.4 Å². The molecule has 1 aliphatic carbocycles. The number of anilines is 1. The Labute approximate surface area is 207 Å². The fourth-order valence-corrected chi connectivity index (χ4v) is 4.95. The smallest absolute Gasteiger partial charge is 0.343 e. The van der Waals surface area contributed by atoms with Crippen LogP contribution in [0.1, 0.15) is 57.1 Å². The predicted octanol–water partition coefficient (Wildman–Crippen LogP) is 5.82. The van der Waals surface area contributed by atoms with E-state index in [-0.39, 0.29) is 41.5 Å². The van der Waals surface area contributed by atoms with Crippen LogP contribution in [0.15, 0.2) is 78.9 Å². The van der Waals surface area contributed by atoms with E-state index in [0.29, 0.717) is 5.56 Å². The number of hydrogen-bond acceptors (Lipinski definition) is 7. The number of carbonyl (C=O) groups excluding carboxylic acids is 2.